The summed E-state index contributed by atoms with van der Waals surface area (Å²) in [6.07, 6.45) is 2.53. The van der Waals surface area contributed by atoms with Gasteiger partial charge in [-0.25, -0.2) is 13.2 Å². The third-order valence-electron chi connectivity index (χ3n) is 6.80. The second kappa shape index (κ2) is 8.20. The van der Waals surface area contributed by atoms with Crippen molar-refractivity contribution in [2.75, 3.05) is 18.4 Å². The normalized spacial score (nSPS) is 23.9. The summed E-state index contributed by atoms with van der Waals surface area (Å²) in [6, 6.07) is 10.0. The van der Waals surface area contributed by atoms with Gasteiger partial charge >= 0.3 is 0 Å². The van der Waals surface area contributed by atoms with E-state index in [9.17, 15) is 18.0 Å². The van der Waals surface area contributed by atoms with E-state index in [-0.39, 0.29) is 23.8 Å². The molecular formula is C26H27F3N4O. The Labute approximate surface area is 196 Å². The molecule has 0 bridgehead atoms. The summed E-state index contributed by atoms with van der Waals surface area (Å²) in [7, 11) is 0. The Morgan fingerprint density at radius 1 is 1.03 bits per heavy atom. The SMILES string of the molecule is CC1CC=C2C3NC(C)(C)C(=O)N3CCN2C(Nc2ccc(F)c(F)c2)=C1c1ccc(F)cc1. The van der Waals surface area contributed by atoms with Gasteiger partial charge in [0.2, 0.25) is 5.91 Å². The number of fused-ring (bicyclic) bond motifs is 3. The average molecular weight is 469 g/mol. The van der Waals surface area contributed by atoms with Crippen LogP contribution in [0.1, 0.15) is 32.8 Å². The van der Waals surface area contributed by atoms with Crippen molar-refractivity contribution >= 4 is 17.2 Å². The summed E-state index contributed by atoms with van der Waals surface area (Å²) < 4.78 is 41.3. The average Bonchev–Trinajstić information content (AvgIpc) is 2.94. The molecule has 2 aromatic rings. The molecule has 3 heterocycles. The molecule has 3 aliphatic rings. The molecule has 2 aromatic carbocycles. The summed E-state index contributed by atoms with van der Waals surface area (Å²) in [6.45, 7) is 6.85. The Morgan fingerprint density at radius 2 is 1.76 bits per heavy atom. The molecule has 2 N–H and O–H groups in total. The van der Waals surface area contributed by atoms with E-state index in [0.29, 0.717) is 31.0 Å². The number of allylic oxidation sites excluding steroid dienone is 2. The molecule has 2 unspecified atom stereocenters. The highest BCUT2D eigenvalue weighted by Crippen LogP contribution is 2.40. The van der Waals surface area contributed by atoms with Gasteiger partial charge in [-0.1, -0.05) is 25.1 Å². The number of amides is 1. The van der Waals surface area contributed by atoms with Crippen molar-refractivity contribution in [3.63, 3.8) is 0 Å². The van der Waals surface area contributed by atoms with Crippen LogP contribution in [0.15, 0.2) is 60.1 Å². The second-order valence-corrected chi connectivity index (χ2v) is 9.61. The molecule has 2 atom stereocenters. The molecule has 1 amide bonds. The Morgan fingerprint density at radius 3 is 2.47 bits per heavy atom. The zero-order chi connectivity index (χ0) is 24.2. The van der Waals surface area contributed by atoms with Gasteiger partial charge in [0.25, 0.3) is 0 Å². The van der Waals surface area contributed by atoms with Gasteiger partial charge in [-0.05, 0) is 56.0 Å². The summed E-state index contributed by atoms with van der Waals surface area (Å²) in [5.41, 5.74) is 2.43. The molecule has 0 saturated carbocycles. The molecule has 0 aromatic heterocycles. The van der Waals surface area contributed by atoms with Crippen molar-refractivity contribution in [1.29, 1.82) is 0 Å². The molecule has 5 nitrogen and oxygen atoms in total. The molecule has 3 aliphatic heterocycles. The molecule has 2 fully saturated rings. The summed E-state index contributed by atoms with van der Waals surface area (Å²) in [4.78, 5) is 16.9. The lowest BCUT2D eigenvalue weighted by Crippen LogP contribution is -2.53. The van der Waals surface area contributed by atoms with Crippen LogP contribution in [0.3, 0.4) is 0 Å². The Balaban J connectivity index is 1.64. The monoisotopic (exact) mass is 468 g/mol. The van der Waals surface area contributed by atoms with Crippen molar-refractivity contribution in [2.24, 2.45) is 5.92 Å². The number of hydrogen-bond donors (Lipinski definition) is 2. The van der Waals surface area contributed by atoms with E-state index in [4.69, 9.17) is 0 Å². The van der Waals surface area contributed by atoms with E-state index in [1.54, 1.807) is 12.1 Å². The fraction of sp³-hybridized carbons (Fsp3) is 0.346. The largest absolute Gasteiger partial charge is 0.341 e. The Bertz CT molecular complexity index is 1210. The number of carbonyl (C=O) groups is 1. The highest BCUT2D eigenvalue weighted by Gasteiger charge is 2.50. The quantitative estimate of drug-likeness (QED) is 0.688. The molecule has 0 spiro atoms. The number of carbonyl (C=O) groups excluding carboxylic acids is 1. The summed E-state index contributed by atoms with van der Waals surface area (Å²) in [5.74, 6) is -1.39. The lowest BCUT2D eigenvalue weighted by molar-refractivity contribution is -0.133. The topological polar surface area (TPSA) is 47.6 Å². The smallest absolute Gasteiger partial charge is 0.244 e. The van der Waals surface area contributed by atoms with Crippen LogP contribution in [-0.2, 0) is 4.79 Å². The third-order valence-corrected chi connectivity index (χ3v) is 6.80. The zero-order valence-electron chi connectivity index (χ0n) is 19.3. The van der Waals surface area contributed by atoms with Crippen molar-refractivity contribution in [1.82, 2.24) is 15.1 Å². The van der Waals surface area contributed by atoms with Crippen LogP contribution in [0.2, 0.25) is 0 Å². The summed E-state index contributed by atoms with van der Waals surface area (Å²) in [5, 5.41) is 6.77. The minimum Gasteiger partial charge on any atom is -0.341 e. The molecule has 5 rings (SSSR count). The first-order chi connectivity index (χ1) is 16.2. The van der Waals surface area contributed by atoms with Gasteiger partial charge in [0, 0.05) is 30.4 Å². The first-order valence-corrected chi connectivity index (χ1v) is 11.4. The lowest BCUT2D eigenvalue weighted by atomic mass is 9.91. The van der Waals surface area contributed by atoms with Crippen molar-refractivity contribution in [3.05, 3.63) is 83.1 Å². The predicted molar refractivity (Wildman–Crippen MR) is 125 cm³/mol. The van der Waals surface area contributed by atoms with Gasteiger partial charge in [-0.3, -0.25) is 10.1 Å². The maximum atomic E-state index is 14.0. The van der Waals surface area contributed by atoms with Crippen LogP contribution in [0.25, 0.3) is 5.57 Å². The predicted octanol–water partition coefficient (Wildman–Crippen LogP) is 4.66. The highest BCUT2D eigenvalue weighted by molar-refractivity contribution is 5.89. The van der Waals surface area contributed by atoms with Gasteiger partial charge < -0.3 is 15.1 Å². The van der Waals surface area contributed by atoms with Crippen LogP contribution < -0.4 is 10.6 Å². The fourth-order valence-electron chi connectivity index (χ4n) is 5.06. The van der Waals surface area contributed by atoms with E-state index in [1.165, 1.54) is 18.2 Å². The molecule has 178 valence electrons. The second-order valence-electron chi connectivity index (χ2n) is 9.61. The lowest BCUT2D eigenvalue weighted by Gasteiger charge is -2.42. The molecular weight excluding hydrogens is 441 g/mol. The zero-order valence-corrected chi connectivity index (χ0v) is 19.3. The molecule has 0 aliphatic carbocycles. The van der Waals surface area contributed by atoms with Crippen LogP contribution >= 0.6 is 0 Å². The molecule has 8 heteroatoms. The third kappa shape index (κ3) is 3.76. The highest BCUT2D eigenvalue weighted by atomic mass is 19.2. The minimum absolute atomic E-state index is 0.0370. The fourth-order valence-corrected chi connectivity index (χ4v) is 5.06. The molecule has 2 saturated heterocycles. The maximum absolute atomic E-state index is 14.0. The number of nitrogens with zero attached hydrogens (tertiary/aromatic N) is 2. The number of hydrogen-bond acceptors (Lipinski definition) is 4. The van der Waals surface area contributed by atoms with Gasteiger partial charge in [-0.15, -0.1) is 0 Å². The Kier molecular flexibility index (Phi) is 5.43. The van der Waals surface area contributed by atoms with E-state index >= 15 is 0 Å². The number of halogens is 3. The van der Waals surface area contributed by atoms with E-state index in [2.05, 4.69) is 28.5 Å². The van der Waals surface area contributed by atoms with Crippen molar-refractivity contribution < 1.29 is 18.0 Å². The van der Waals surface area contributed by atoms with Crippen molar-refractivity contribution in [3.8, 4) is 0 Å². The first-order valence-electron chi connectivity index (χ1n) is 11.4. The van der Waals surface area contributed by atoms with Gasteiger partial charge in [-0.2, -0.15) is 0 Å². The maximum Gasteiger partial charge on any atom is 0.244 e. The van der Waals surface area contributed by atoms with Crippen LogP contribution in [0.5, 0.6) is 0 Å². The standard InChI is InChI=1S/C26H27F3N4O/c1-15-4-11-21-23-31-26(2,3)25(34)33(23)13-12-32(21)24(22(15)16-5-7-17(27)8-6-16)30-18-9-10-19(28)20(29)14-18/h5-11,14-15,23,30-31H,4,12-13H2,1-3H3. The molecule has 0 radical (unpaired) electrons. The van der Waals surface area contributed by atoms with Crippen LogP contribution in [0, 0.1) is 23.4 Å². The first kappa shape index (κ1) is 22.5. The van der Waals surface area contributed by atoms with Crippen molar-refractivity contribution in [2.45, 2.75) is 38.9 Å². The van der Waals surface area contributed by atoms with E-state index in [0.717, 1.165) is 29.0 Å². The minimum atomic E-state index is -0.944. The van der Waals surface area contributed by atoms with E-state index in [1.807, 2.05) is 18.7 Å². The van der Waals surface area contributed by atoms with Gasteiger partial charge in [0.05, 0.1) is 11.2 Å². The van der Waals surface area contributed by atoms with E-state index < -0.39 is 17.2 Å². The number of rotatable bonds is 3. The van der Waals surface area contributed by atoms with Crippen LogP contribution in [-0.4, -0.2) is 40.5 Å². The van der Waals surface area contributed by atoms with Crippen LogP contribution in [0.4, 0.5) is 18.9 Å². The molecule has 34 heavy (non-hydrogen) atoms. The van der Waals surface area contributed by atoms with Gasteiger partial charge in [0.1, 0.15) is 17.8 Å². The number of anilines is 1. The number of nitrogens with one attached hydrogen (secondary N) is 2. The Hall–Kier alpha value is -3.26. The number of piperazine rings is 1. The summed E-state index contributed by atoms with van der Waals surface area (Å²) >= 11 is 0. The van der Waals surface area contributed by atoms with Gasteiger partial charge in [0.15, 0.2) is 11.6 Å². The number of benzene rings is 2.